The number of anilines is 2. The zero-order chi connectivity index (χ0) is 20.6. The van der Waals surface area contributed by atoms with Crippen molar-refractivity contribution in [1.82, 2.24) is 4.98 Å². The smallest absolute Gasteiger partial charge is 0.259 e. The molecule has 1 aliphatic carbocycles. The number of benzene rings is 2. The van der Waals surface area contributed by atoms with Gasteiger partial charge in [0.15, 0.2) is 5.13 Å². The Kier molecular flexibility index (Phi) is 4.87. The number of para-hydroxylation sites is 1. The lowest BCUT2D eigenvalue weighted by atomic mass is 9.65. The van der Waals surface area contributed by atoms with E-state index in [0.29, 0.717) is 10.7 Å². The van der Waals surface area contributed by atoms with Crippen molar-refractivity contribution in [3.63, 3.8) is 0 Å². The Morgan fingerprint density at radius 2 is 1.77 bits per heavy atom. The SMILES string of the molecule is O=C(Nc1nccs1)[C@H]1c2ccccc2C(=O)N(c2ccccc2)C12CCCCC2. The van der Waals surface area contributed by atoms with Gasteiger partial charge in [0.25, 0.3) is 5.91 Å². The molecule has 2 amide bonds. The molecule has 1 saturated carbocycles. The van der Waals surface area contributed by atoms with Crippen LogP contribution in [0.5, 0.6) is 0 Å². The van der Waals surface area contributed by atoms with Crippen molar-refractivity contribution < 1.29 is 9.59 Å². The predicted octanol–water partition coefficient (Wildman–Crippen LogP) is 5.23. The fraction of sp³-hybridized carbons (Fsp3) is 0.292. The van der Waals surface area contributed by atoms with Crippen LogP contribution in [0.4, 0.5) is 10.8 Å². The molecular formula is C24H23N3O2S. The number of rotatable bonds is 3. The highest BCUT2D eigenvalue weighted by Crippen LogP contribution is 2.51. The number of thiazole rings is 1. The lowest BCUT2D eigenvalue weighted by Gasteiger charge is -2.53. The number of amides is 2. The normalized spacial score (nSPS) is 20.1. The summed E-state index contributed by atoms with van der Waals surface area (Å²) < 4.78 is 0. The molecule has 5 rings (SSSR count). The van der Waals surface area contributed by atoms with Crippen LogP contribution in [-0.4, -0.2) is 22.3 Å². The van der Waals surface area contributed by atoms with Crippen LogP contribution < -0.4 is 10.2 Å². The molecule has 6 heteroatoms. The second-order valence-electron chi connectivity index (χ2n) is 7.99. The average Bonchev–Trinajstić information content (AvgIpc) is 3.28. The van der Waals surface area contributed by atoms with E-state index in [-0.39, 0.29) is 11.8 Å². The van der Waals surface area contributed by atoms with Gasteiger partial charge in [-0.25, -0.2) is 4.98 Å². The molecule has 1 atom stereocenters. The number of hydrogen-bond donors (Lipinski definition) is 1. The van der Waals surface area contributed by atoms with Crippen molar-refractivity contribution in [2.45, 2.75) is 43.6 Å². The fourth-order valence-corrected chi connectivity index (χ4v) is 5.69. The molecule has 2 heterocycles. The maximum Gasteiger partial charge on any atom is 0.259 e. The Hall–Kier alpha value is -2.99. The van der Waals surface area contributed by atoms with E-state index in [4.69, 9.17) is 0 Å². The van der Waals surface area contributed by atoms with E-state index in [9.17, 15) is 9.59 Å². The van der Waals surface area contributed by atoms with E-state index >= 15 is 0 Å². The van der Waals surface area contributed by atoms with Gasteiger partial charge in [-0.05, 0) is 36.6 Å². The molecule has 2 aliphatic rings. The molecule has 3 aromatic rings. The molecule has 5 nitrogen and oxygen atoms in total. The fourth-order valence-electron chi connectivity index (χ4n) is 5.16. The topological polar surface area (TPSA) is 62.3 Å². The second-order valence-corrected chi connectivity index (χ2v) is 8.88. The summed E-state index contributed by atoms with van der Waals surface area (Å²) in [5, 5.41) is 5.46. The first-order valence-electron chi connectivity index (χ1n) is 10.4. The Balaban J connectivity index is 1.70. The van der Waals surface area contributed by atoms with Crippen molar-refractivity contribution in [2.24, 2.45) is 0 Å². The highest BCUT2D eigenvalue weighted by Gasteiger charge is 2.55. The maximum absolute atomic E-state index is 13.8. The quantitative estimate of drug-likeness (QED) is 0.635. The van der Waals surface area contributed by atoms with Crippen LogP contribution in [0.1, 0.15) is 53.9 Å². The number of carbonyl (C=O) groups excluding carboxylic acids is 2. The lowest BCUT2D eigenvalue weighted by molar-refractivity contribution is -0.119. The van der Waals surface area contributed by atoms with E-state index < -0.39 is 11.5 Å². The third-order valence-electron chi connectivity index (χ3n) is 6.35. The predicted molar refractivity (Wildman–Crippen MR) is 119 cm³/mol. The van der Waals surface area contributed by atoms with E-state index in [0.717, 1.165) is 43.4 Å². The summed E-state index contributed by atoms with van der Waals surface area (Å²) in [6.07, 6.45) is 6.42. The molecule has 0 saturated heterocycles. The van der Waals surface area contributed by atoms with Crippen molar-refractivity contribution in [2.75, 3.05) is 10.2 Å². The monoisotopic (exact) mass is 417 g/mol. The van der Waals surface area contributed by atoms with Crippen molar-refractivity contribution in [1.29, 1.82) is 0 Å². The summed E-state index contributed by atoms with van der Waals surface area (Å²) >= 11 is 1.41. The molecule has 2 aromatic carbocycles. The van der Waals surface area contributed by atoms with Crippen LogP contribution >= 0.6 is 11.3 Å². The molecule has 1 N–H and O–H groups in total. The van der Waals surface area contributed by atoms with Crippen LogP contribution in [0.2, 0.25) is 0 Å². The summed E-state index contributed by atoms with van der Waals surface area (Å²) in [6, 6.07) is 17.4. The second kappa shape index (κ2) is 7.69. The van der Waals surface area contributed by atoms with Gasteiger partial charge in [-0.1, -0.05) is 55.7 Å². The highest BCUT2D eigenvalue weighted by atomic mass is 32.1. The van der Waals surface area contributed by atoms with Crippen LogP contribution in [0, 0.1) is 0 Å². The number of fused-ring (bicyclic) bond motifs is 1. The molecule has 152 valence electrons. The molecule has 1 aromatic heterocycles. The first-order chi connectivity index (χ1) is 14.7. The number of nitrogens with one attached hydrogen (secondary N) is 1. The third-order valence-corrected chi connectivity index (χ3v) is 7.03. The number of carbonyl (C=O) groups is 2. The molecule has 0 unspecified atom stereocenters. The summed E-state index contributed by atoms with van der Waals surface area (Å²) in [7, 11) is 0. The van der Waals surface area contributed by atoms with Gasteiger partial charge in [-0.2, -0.15) is 0 Å². The molecule has 0 bridgehead atoms. The van der Waals surface area contributed by atoms with Crippen LogP contribution in [0.15, 0.2) is 66.2 Å². The first-order valence-corrected chi connectivity index (χ1v) is 11.3. The van der Waals surface area contributed by atoms with Crippen molar-refractivity contribution in [3.8, 4) is 0 Å². The van der Waals surface area contributed by atoms with Crippen LogP contribution in [0.25, 0.3) is 0 Å². The standard InChI is InChI=1S/C24H23N3O2S/c28-21(26-23-25-15-16-30-23)20-18-11-5-6-12-19(18)22(29)27(17-9-3-1-4-10-17)24(20)13-7-2-8-14-24/h1,3-6,9-12,15-16,20H,2,7-8,13-14H2,(H,25,26,28)/t20-/m1/s1. The lowest BCUT2D eigenvalue weighted by Crippen LogP contribution is -2.62. The van der Waals surface area contributed by atoms with E-state index in [1.165, 1.54) is 11.3 Å². The molecule has 1 spiro atoms. The van der Waals surface area contributed by atoms with E-state index in [2.05, 4.69) is 10.3 Å². The Morgan fingerprint density at radius 3 is 2.50 bits per heavy atom. The van der Waals surface area contributed by atoms with Crippen molar-refractivity contribution >= 4 is 34.0 Å². The zero-order valence-electron chi connectivity index (χ0n) is 16.6. The van der Waals surface area contributed by atoms with Gasteiger partial charge >= 0.3 is 0 Å². The Morgan fingerprint density at radius 1 is 1.03 bits per heavy atom. The van der Waals surface area contributed by atoms with E-state index in [1.54, 1.807) is 6.20 Å². The van der Waals surface area contributed by atoms with Gasteiger partial charge in [0, 0.05) is 22.8 Å². The van der Waals surface area contributed by atoms with Gasteiger partial charge in [0.1, 0.15) is 0 Å². The minimum atomic E-state index is -0.577. The van der Waals surface area contributed by atoms with Gasteiger partial charge in [-0.3, -0.25) is 9.59 Å². The van der Waals surface area contributed by atoms with Crippen LogP contribution in [-0.2, 0) is 4.79 Å². The van der Waals surface area contributed by atoms with Crippen molar-refractivity contribution in [3.05, 3.63) is 77.3 Å². The summed E-state index contributed by atoms with van der Waals surface area (Å²) in [6.45, 7) is 0. The van der Waals surface area contributed by atoms with Gasteiger partial charge < -0.3 is 10.2 Å². The van der Waals surface area contributed by atoms with Crippen LogP contribution in [0.3, 0.4) is 0 Å². The van der Waals surface area contributed by atoms with E-state index in [1.807, 2.05) is 64.9 Å². The minimum absolute atomic E-state index is 0.0167. The Labute approximate surface area is 179 Å². The Bertz CT molecular complexity index is 1060. The minimum Gasteiger partial charge on any atom is -0.301 e. The highest BCUT2D eigenvalue weighted by molar-refractivity contribution is 7.13. The summed E-state index contributed by atoms with van der Waals surface area (Å²) in [4.78, 5) is 33.6. The zero-order valence-corrected chi connectivity index (χ0v) is 17.4. The number of nitrogens with zero attached hydrogens (tertiary/aromatic N) is 2. The molecular weight excluding hydrogens is 394 g/mol. The third kappa shape index (κ3) is 3.03. The van der Waals surface area contributed by atoms with Gasteiger partial charge in [0.2, 0.25) is 5.91 Å². The maximum atomic E-state index is 13.8. The van der Waals surface area contributed by atoms with Gasteiger partial charge in [-0.15, -0.1) is 11.3 Å². The summed E-state index contributed by atoms with van der Waals surface area (Å²) in [5.41, 5.74) is 1.71. The molecule has 30 heavy (non-hydrogen) atoms. The largest absolute Gasteiger partial charge is 0.301 e. The summed E-state index contributed by atoms with van der Waals surface area (Å²) in [5.74, 6) is -0.555. The first kappa shape index (κ1) is 19.0. The molecule has 0 radical (unpaired) electrons. The molecule has 1 aliphatic heterocycles. The van der Waals surface area contributed by atoms with Gasteiger partial charge in [0.05, 0.1) is 11.5 Å². The number of aromatic nitrogens is 1. The molecule has 1 fully saturated rings. The average molecular weight is 418 g/mol. The number of hydrogen-bond acceptors (Lipinski definition) is 4.